The SMILES string of the molecule is Cc1cc(C)cc(NC2=C(c3ccc(C)c(C)c3)C(=O)N(c3cc(C)cc(C)c3)C2=O)c1. The smallest absolute Gasteiger partial charge is 0.282 e. The minimum absolute atomic E-state index is 0.308. The standard InChI is InChI=1S/C28H28N2O2/c1-16-9-17(2)12-23(11-16)29-26-25(22-8-7-20(5)21(6)15-22)27(31)30(28(26)32)24-13-18(3)10-19(4)14-24/h7-15,29H,1-6H3. The van der Waals surface area contributed by atoms with Crippen LogP contribution in [0.15, 0.2) is 60.3 Å². The van der Waals surface area contributed by atoms with E-state index < -0.39 is 0 Å². The Morgan fingerprint density at radius 2 is 1.19 bits per heavy atom. The van der Waals surface area contributed by atoms with Gasteiger partial charge in [-0.2, -0.15) is 0 Å². The summed E-state index contributed by atoms with van der Waals surface area (Å²) in [6.07, 6.45) is 0. The van der Waals surface area contributed by atoms with Gasteiger partial charge in [0, 0.05) is 5.69 Å². The molecule has 3 aromatic rings. The van der Waals surface area contributed by atoms with Crippen molar-refractivity contribution < 1.29 is 9.59 Å². The monoisotopic (exact) mass is 424 g/mol. The van der Waals surface area contributed by atoms with Gasteiger partial charge in [0.15, 0.2) is 0 Å². The van der Waals surface area contributed by atoms with Gasteiger partial charge in [-0.25, -0.2) is 4.90 Å². The highest BCUT2D eigenvalue weighted by Crippen LogP contribution is 2.35. The Kier molecular flexibility index (Phi) is 5.47. The summed E-state index contributed by atoms with van der Waals surface area (Å²) in [6, 6.07) is 17.7. The highest BCUT2D eigenvalue weighted by Gasteiger charge is 2.40. The highest BCUT2D eigenvalue weighted by atomic mass is 16.2. The van der Waals surface area contributed by atoms with Gasteiger partial charge in [0.05, 0.1) is 11.3 Å². The third-order valence-corrected chi connectivity index (χ3v) is 5.84. The van der Waals surface area contributed by atoms with Gasteiger partial charge in [-0.1, -0.05) is 30.3 Å². The topological polar surface area (TPSA) is 49.4 Å². The predicted octanol–water partition coefficient (Wildman–Crippen LogP) is 5.93. The van der Waals surface area contributed by atoms with Crippen LogP contribution in [0.2, 0.25) is 0 Å². The van der Waals surface area contributed by atoms with Crippen molar-refractivity contribution in [2.24, 2.45) is 0 Å². The van der Waals surface area contributed by atoms with Crippen molar-refractivity contribution in [1.82, 2.24) is 0 Å². The van der Waals surface area contributed by atoms with Crippen molar-refractivity contribution in [2.45, 2.75) is 41.5 Å². The summed E-state index contributed by atoms with van der Waals surface area (Å²) in [5, 5.41) is 3.28. The van der Waals surface area contributed by atoms with Crippen LogP contribution in [0.5, 0.6) is 0 Å². The molecule has 4 rings (SSSR count). The summed E-state index contributed by atoms with van der Waals surface area (Å²) in [5.74, 6) is -0.650. The van der Waals surface area contributed by atoms with Crippen LogP contribution < -0.4 is 10.2 Å². The molecule has 0 aromatic heterocycles. The largest absolute Gasteiger partial charge is 0.350 e. The summed E-state index contributed by atoms with van der Waals surface area (Å²) in [5.41, 5.74) is 9.23. The lowest BCUT2D eigenvalue weighted by Crippen LogP contribution is -2.32. The summed E-state index contributed by atoms with van der Waals surface area (Å²) in [6.45, 7) is 12.0. The molecule has 0 unspecified atom stereocenters. The molecule has 32 heavy (non-hydrogen) atoms. The maximum Gasteiger partial charge on any atom is 0.282 e. The lowest BCUT2D eigenvalue weighted by molar-refractivity contribution is -0.120. The summed E-state index contributed by atoms with van der Waals surface area (Å²) < 4.78 is 0. The van der Waals surface area contributed by atoms with Crippen LogP contribution in [0, 0.1) is 41.5 Å². The molecule has 0 atom stereocenters. The molecule has 1 aliphatic rings. The number of nitrogens with one attached hydrogen (secondary N) is 1. The molecule has 162 valence electrons. The maximum atomic E-state index is 13.7. The van der Waals surface area contributed by atoms with Crippen molar-refractivity contribution in [3.05, 3.63) is 99.2 Å². The molecule has 4 nitrogen and oxygen atoms in total. The number of benzene rings is 3. The molecular weight excluding hydrogens is 396 g/mol. The molecule has 0 saturated heterocycles. The zero-order valence-electron chi connectivity index (χ0n) is 19.5. The quantitative estimate of drug-likeness (QED) is 0.528. The Morgan fingerprint density at radius 1 is 0.625 bits per heavy atom. The Labute approximate surface area is 189 Å². The average Bonchev–Trinajstić information content (AvgIpc) is 2.92. The van der Waals surface area contributed by atoms with E-state index in [1.54, 1.807) is 0 Å². The fourth-order valence-corrected chi connectivity index (χ4v) is 4.32. The van der Waals surface area contributed by atoms with Crippen molar-refractivity contribution in [3.8, 4) is 0 Å². The highest BCUT2D eigenvalue weighted by molar-refractivity contribution is 6.46. The first-order chi connectivity index (χ1) is 15.1. The molecular formula is C28H28N2O2. The number of anilines is 2. The zero-order chi connectivity index (χ0) is 23.2. The molecule has 4 heteroatoms. The Balaban J connectivity index is 1.88. The Morgan fingerprint density at radius 3 is 1.75 bits per heavy atom. The van der Waals surface area contributed by atoms with Crippen molar-refractivity contribution in [3.63, 3.8) is 0 Å². The first kappa shape index (κ1) is 21.6. The van der Waals surface area contributed by atoms with E-state index in [1.165, 1.54) is 4.90 Å². The number of amides is 2. The van der Waals surface area contributed by atoms with Gasteiger partial charge in [-0.15, -0.1) is 0 Å². The molecule has 0 fully saturated rings. The van der Waals surface area contributed by atoms with Gasteiger partial charge in [0.1, 0.15) is 5.70 Å². The summed E-state index contributed by atoms with van der Waals surface area (Å²) in [7, 11) is 0. The third kappa shape index (κ3) is 3.96. The number of carbonyl (C=O) groups is 2. The molecule has 1 heterocycles. The number of carbonyl (C=O) groups excluding carboxylic acids is 2. The van der Waals surface area contributed by atoms with E-state index in [9.17, 15) is 9.59 Å². The van der Waals surface area contributed by atoms with Crippen LogP contribution >= 0.6 is 0 Å². The number of imide groups is 1. The van der Waals surface area contributed by atoms with Crippen molar-refractivity contribution in [1.29, 1.82) is 0 Å². The number of aryl methyl sites for hydroxylation is 6. The molecule has 0 aliphatic carbocycles. The fourth-order valence-electron chi connectivity index (χ4n) is 4.32. The van der Waals surface area contributed by atoms with Crippen molar-refractivity contribution >= 4 is 28.8 Å². The van der Waals surface area contributed by atoms with Crippen LogP contribution in [0.25, 0.3) is 5.57 Å². The third-order valence-electron chi connectivity index (χ3n) is 5.84. The lowest BCUT2D eigenvalue weighted by atomic mass is 9.99. The number of nitrogens with zero attached hydrogens (tertiary/aromatic N) is 1. The first-order valence-electron chi connectivity index (χ1n) is 10.8. The molecule has 0 spiro atoms. The summed E-state index contributed by atoms with van der Waals surface area (Å²) in [4.78, 5) is 28.6. The number of hydrogen-bond acceptors (Lipinski definition) is 3. The van der Waals surface area contributed by atoms with Crippen LogP contribution in [0.1, 0.15) is 38.9 Å². The molecule has 1 aliphatic heterocycles. The average molecular weight is 425 g/mol. The number of rotatable bonds is 4. The summed E-state index contributed by atoms with van der Waals surface area (Å²) >= 11 is 0. The van der Waals surface area contributed by atoms with Crippen LogP contribution in [0.4, 0.5) is 11.4 Å². The van der Waals surface area contributed by atoms with Gasteiger partial charge in [-0.3, -0.25) is 9.59 Å². The van der Waals surface area contributed by atoms with Gasteiger partial charge in [-0.05, 0) is 105 Å². The van der Waals surface area contributed by atoms with Crippen LogP contribution in [-0.2, 0) is 9.59 Å². The molecule has 0 radical (unpaired) electrons. The number of hydrogen-bond donors (Lipinski definition) is 1. The van der Waals surface area contributed by atoms with Gasteiger partial charge in [0.2, 0.25) is 0 Å². The van der Waals surface area contributed by atoms with E-state index in [2.05, 4.69) is 11.4 Å². The van der Waals surface area contributed by atoms with E-state index >= 15 is 0 Å². The fraction of sp³-hybridized carbons (Fsp3) is 0.214. The molecule has 1 N–H and O–H groups in total. The molecule has 2 amide bonds. The van der Waals surface area contributed by atoms with Gasteiger partial charge >= 0.3 is 0 Å². The maximum absolute atomic E-state index is 13.7. The van der Waals surface area contributed by atoms with E-state index in [0.29, 0.717) is 17.0 Å². The zero-order valence-corrected chi connectivity index (χ0v) is 19.5. The lowest BCUT2D eigenvalue weighted by Gasteiger charge is -2.17. The second-order valence-electron chi connectivity index (χ2n) is 8.84. The minimum Gasteiger partial charge on any atom is -0.350 e. The minimum atomic E-state index is -0.340. The van der Waals surface area contributed by atoms with Crippen LogP contribution in [0.3, 0.4) is 0 Å². The second-order valence-corrected chi connectivity index (χ2v) is 8.84. The van der Waals surface area contributed by atoms with Crippen LogP contribution in [-0.4, -0.2) is 11.8 Å². The Hall–Kier alpha value is -3.66. The van der Waals surface area contributed by atoms with Gasteiger partial charge < -0.3 is 5.32 Å². The van der Waals surface area contributed by atoms with Crippen molar-refractivity contribution in [2.75, 3.05) is 10.2 Å². The normalized spacial score (nSPS) is 13.9. The Bertz CT molecular complexity index is 1260. The first-order valence-corrected chi connectivity index (χ1v) is 10.8. The second kappa shape index (κ2) is 8.12. The molecule has 0 bridgehead atoms. The van der Waals surface area contributed by atoms with E-state index in [1.807, 2.05) is 90.1 Å². The van der Waals surface area contributed by atoms with E-state index in [0.717, 1.165) is 44.6 Å². The van der Waals surface area contributed by atoms with Gasteiger partial charge in [0.25, 0.3) is 11.8 Å². The van der Waals surface area contributed by atoms with E-state index in [-0.39, 0.29) is 11.8 Å². The van der Waals surface area contributed by atoms with E-state index in [4.69, 9.17) is 0 Å². The molecule has 3 aromatic carbocycles. The molecule has 0 saturated carbocycles. The predicted molar refractivity (Wildman–Crippen MR) is 131 cm³/mol.